The molecule has 5 N–H and O–H groups in total. The van der Waals surface area contributed by atoms with Crippen LogP contribution in [0.3, 0.4) is 0 Å². The Bertz CT molecular complexity index is 1390. The van der Waals surface area contributed by atoms with Gasteiger partial charge in [-0.2, -0.15) is 9.97 Å². The minimum atomic E-state index is -3.57. The van der Waals surface area contributed by atoms with Crippen LogP contribution < -0.4 is 26.0 Å². The average molecular weight is 547 g/mol. The predicted molar refractivity (Wildman–Crippen MR) is 147 cm³/mol. The lowest BCUT2D eigenvalue weighted by molar-refractivity contribution is 0.154. The molecule has 2 heterocycles. The number of nitrogen functional groups attached to an aromatic ring is 1. The molecule has 1 unspecified atom stereocenters. The van der Waals surface area contributed by atoms with Gasteiger partial charge in [0.1, 0.15) is 16.6 Å². The molecule has 4 rings (SSSR count). The van der Waals surface area contributed by atoms with Gasteiger partial charge in [-0.3, -0.25) is 0 Å². The Balaban J connectivity index is 1.63. The van der Waals surface area contributed by atoms with Gasteiger partial charge < -0.3 is 31.1 Å². The number of β-amino-alcohol motifs (C(OH)–C–C–N with tert-alkyl or cyclic N) is 1. The van der Waals surface area contributed by atoms with Crippen LogP contribution >= 0.6 is 11.6 Å². The summed E-state index contributed by atoms with van der Waals surface area (Å²) in [5.74, 6) is 0.871. The van der Waals surface area contributed by atoms with Crippen molar-refractivity contribution in [1.82, 2.24) is 9.97 Å². The first-order chi connectivity index (χ1) is 17.6. The highest BCUT2D eigenvalue weighted by molar-refractivity contribution is 7.92. The van der Waals surface area contributed by atoms with Gasteiger partial charge in [-0.25, -0.2) is 8.42 Å². The van der Waals surface area contributed by atoms with Crippen LogP contribution in [-0.4, -0.2) is 55.0 Å². The summed E-state index contributed by atoms with van der Waals surface area (Å²) in [4.78, 5) is 10.9. The van der Waals surface area contributed by atoms with E-state index in [1.165, 1.54) is 6.07 Å². The normalized spacial score (nSPS) is 16.1. The number of nitrogens with two attached hydrogens (primary N) is 1. The monoisotopic (exact) mass is 546 g/mol. The molecule has 37 heavy (non-hydrogen) atoms. The quantitative estimate of drug-likeness (QED) is 0.322. The summed E-state index contributed by atoms with van der Waals surface area (Å²) < 4.78 is 31.3. The summed E-state index contributed by atoms with van der Waals surface area (Å²) in [5.41, 5.74) is 7.92. The molecule has 2 aromatic carbocycles. The molecule has 198 valence electrons. The number of benzene rings is 2. The van der Waals surface area contributed by atoms with E-state index >= 15 is 0 Å². The average Bonchev–Trinajstić information content (AvgIpc) is 2.87. The maximum Gasteiger partial charge on any atom is 0.231 e. The summed E-state index contributed by atoms with van der Waals surface area (Å²) >= 11 is 6.38. The number of piperidine rings is 1. The van der Waals surface area contributed by atoms with Gasteiger partial charge in [0.2, 0.25) is 5.95 Å². The van der Waals surface area contributed by atoms with E-state index in [0.29, 0.717) is 23.7 Å². The Hall–Kier alpha value is -3.28. The molecule has 0 bridgehead atoms. The van der Waals surface area contributed by atoms with E-state index in [1.54, 1.807) is 39.2 Å². The summed E-state index contributed by atoms with van der Waals surface area (Å²) in [5, 5.41) is 15.6. The van der Waals surface area contributed by atoms with Crippen molar-refractivity contribution in [3.63, 3.8) is 0 Å². The third-order valence-corrected chi connectivity index (χ3v) is 8.72. The van der Waals surface area contributed by atoms with Crippen LogP contribution in [0.25, 0.3) is 0 Å². The van der Waals surface area contributed by atoms with Crippen molar-refractivity contribution in [3.8, 4) is 5.75 Å². The highest BCUT2D eigenvalue weighted by Gasteiger charge is 2.24. The number of ether oxygens (including phenoxy) is 1. The summed E-state index contributed by atoms with van der Waals surface area (Å²) in [6, 6.07) is 12.2. The van der Waals surface area contributed by atoms with Crippen LogP contribution in [0.2, 0.25) is 5.02 Å². The molecule has 3 aromatic rings. The Morgan fingerprint density at radius 3 is 2.62 bits per heavy atom. The third kappa shape index (κ3) is 5.84. The molecular weight excluding hydrogens is 516 g/mol. The van der Waals surface area contributed by atoms with Crippen molar-refractivity contribution >= 4 is 56.1 Å². The number of sulfone groups is 1. The number of aromatic nitrogens is 2. The zero-order valence-electron chi connectivity index (χ0n) is 20.9. The van der Waals surface area contributed by atoms with Gasteiger partial charge in [0.05, 0.1) is 34.7 Å². The largest absolute Gasteiger partial charge is 0.494 e. The molecule has 1 fully saturated rings. The second-order valence-electron chi connectivity index (χ2n) is 9.06. The molecule has 1 atom stereocenters. The van der Waals surface area contributed by atoms with Crippen LogP contribution in [0, 0.1) is 0 Å². The number of para-hydroxylation sites is 1. The minimum Gasteiger partial charge on any atom is -0.494 e. The first kappa shape index (κ1) is 26.8. The van der Waals surface area contributed by atoms with E-state index in [1.807, 2.05) is 18.2 Å². The molecule has 0 saturated carbocycles. The number of hydrogen-bond acceptors (Lipinski definition) is 10. The van der Waals surface area contributed by atoms with Gasteiger partial charge in [-0.15, -0.1) is 0 Å². The van der Waals surface area contributed by atoms with Gasteiger partial charge in [-0.05, 0) is 51.0 Å². The van der Waals surface area contributed by atoms with Crippen LogP contribution in [0.15, 0.2) is 47.4 Å². The Kier molecular flexibility index (Phi) is 7.96. The minimum absolute atomic E-state index is 0.0174. The van der Waals surface area contributed by atoms with E-state index in [0.717, 1.165) is 25.1 Å². The van der Waals surface area contributed by atoms with E-state index in [4.69, 9.17) is 22.1 Å². The third-order valence-electron chi connectivity index (χ3n) is 6.14. The van der Waals surface area contributed by atoms with Gasteiger partial charge in [0.25, 0.3) is 0 Å². The van der Waals surface area contributed by atoms with Gasteiger partial charge >= 0.3 is 0 Å². The standard InChI is InChI=1S/C25H31ClN6O4S/c1-15(2)37(34,35)21-9-5-4-8-19(21)28-24-22(26)23(27)30-25(31-24)29-18-11-10-16(13-20(18)36-3)32-12-6-7-17(33)14-32/h4-5,8-11,13,15,17,33H,6-7,12,14H2,1-3H3,(H4,27,28,29,30,31). The summed E-state index contributed by atoms with van der Waals surface area (Å²) in [6.45, 7) is 4.66. The van der Waals surface area contributed by atoms with Gasteiger partial charge in [0.15, 0.2) is 15.7 Å². The van der Waals surface area contributed by atoms with E-state index < -0.39 is 15.1 Å². The molecule has 0 radical (unpaired) electrons. The highest BCUT2D eigenvalue weighted by atomic mass is 35.5. The SMILES string of the molecule is COc1cc(N2CCCC(O)C2)ccc1Nc1nc(N)c(Cl)c(Nc2ccccc2S(=O)(=O)C(C)C)n1. The Labute approximate surface area is 221 Å². The van der Waals surface area contributed by atoms with Crippen molar-refractivity contribution in [3.05, 3.63) is 47.5 Å². The maximum absolute atomic E-state index is 12.9. The summed E-state index contributed by atoms with van der Waals surface area (Å²) in [7, 11) is -2.01. The first-order valence-electron chi connectivity index (χ1n) is 11.9. The van der Waals surface area contributed by atoms with E-state index in [-0.39, 0.29) is 33.6 Å². The van der Waals surface area contributed by atoms with E-state index in [9.17, 15) is 13.5 Å². The fourth-order valence-electron chi connectivity index (χ4n) is 4.09. The fraction of sp³-hybridized carbons (Fsp3) is 0.360. The Morgan fingerprint density at radius 2 is 1.92 bits per heavy atom. The van der Waals surface area contributed by atoms with E-state index in [2.05, 4.69) is 25.5 Å². The zero-order valence-corrected chi connectivity index (χ0v) is 22.5. The topological polar surface area (TPSA) is 143 Å². The predicted octanol–water partition coefficient (Wildman–Crippen LogP) is 4.35. The molecule has 1 aromatic heterocycles. The second kappa shape index (κ2) is 11.0. The molecular formula is C25H31ClN6O4S. The summed E-state index contributed by atoms with van der Waals surface area (Å²) in [6.07, 6.45) is 1.36. The number of aliphatic hydroxyl groups is 1. The highest BCUT2D eigenvalue weighted by Crippen LogP contribution is 2.36. The molecule has 0 aliphatic carbocycles. The number of nitrogens with one attached hydrogen (secondary N) is 2. The Morgan fingerprint density at radius 1 is 1.16 bits per heavy atom. The number of methoxy groups -OCH3 is 1. The number of hydrogen-bond donors (Lipinski definition) is 4. The number of nitrogens with zero attached hydrogens (tertiary/aromatic N) is 3. The van der Waals surface area contributed by atoms with Crippen molar-refractivity contribution in [2.24, 2.45) is 0 Å². The first-order valence-corrected chi connectivity index (χ1v) is 13.8. The number of rotatable bonds is 8. The zero-order chi connectivity index (χ0) is 26.7. The molecule has 1 aliphatic heterocycles. The second-order valence-corrected chi connectivity index (χ2v) is 11.9. The lowest BCUT2D eigenvalue weighted by atomic mass is 10.1. The molecule has 10 nitrogen and oxygen atoms in total. The number of halogens is 1. The van der Waals surface area contributed by atoms with Gasteiger partial charge in [0, 0.05) is 24.8 Å². The van der Waals surface area contributed by atoms with Crippen LogP contribution in [0.4, 0.5) is 34.6 Å². The molecule has 0 amide bonds. The van der Waals surface area contributed by atoms with Gasteiger partial charge in [-0.1, -0.05) is 23.7 Å². The maximum atomic E-state index is 12.9. The smallest absolute Gasteiger partial charge is 0.231 e. The lowest BCUT2D eigenvalue weighted by Gasteiger charge is -2.32. The molecule has 1 saturated heterocycles. The fourth-order valence-corrected chi connectivity index (χ4v) is 5.43. The molecule has 1 aliphatic rings. The van der Waals surface area contributed by atoms with Crippen molar-refractivity contribution in [2.75, 3.05) is 41.5 Å². The van der Waals surface area contributed by atoms with Crippen molar-refractivity contribution in [1.29, 1.82) is 0 Å². The van der Waals surface area contributed by atoms with Crippen LogP contribution in [0.1, 0.15) is 26.7 Å². The molecule has 0 spiro atoms. The van der Waals surface area contributed by atoms with Crippen LogP contribution in [0.5, 0.6) is 5.75 Å². The van der Waals surface area contributed by atoms with Crippen molar-refractivity contribution in [2.45, 2.75) is 42.9 Å². The van der Waals surface area contributed by atoms with Crippen LogP contribution in [-0.2, 0) is 9.84 Å². The van der Waals surface area contributed by atoms with Crippen molar-refractivity contribution < 1.29 is 18.3 Å². The number of anilines is 6. The lowest BCUT2D eigenvalue weighted by Crippen LogP contribution is -2.38. The molecule has 12 heteroatoms. The number of aliphatic hydroxyl groups excluding tert-OH is 1.